The number of benzene rings is 1. The van der Waals surface area contributed by atoms with Crippen LogP contribution < -0.4 is 10.1 Å². The molecule has 1 aromatic rings. The van der Waals surface area contributed by atoms with Crippen molar-refractivity contribution in [1.29, 1.82) is 0 Å². The molecule has 2 heterocycles. The fourth-order valence-electron chi connectivity index (χ4n) is 3.46. The van der Waals surface area contributed by atoms with Gasteiger partial charge in [-0.05, 0) is 37.1 Å². The summed E-state index contributed by atoms with van der Waals surface area (Å²) in [6.45, 7) is 0.403. The van der Waals surface area contributed by atoms with Crippen LogP contribution in [0.5, 0.6) is 5.75 Å². The lowest BCUT2D eigenvalue weighted by Gasteiger charge is -2.33. The molecule has 25 heavy (non-hydrogen) atoms. The molecule has 1 N–H and O–H groups in total. The Morgan fingerprint density at radius 1 is 1.20 bits per heavy atom. The van der Waals surface area contributed by atoms with Gasteiger partial charge in [-0.1, -0.05) is 0 Å². The van der Waals surface area contributed by atoms with Gasteiger partial charge in [0.15, 0.2) is 5.78 Å². The summed E-state index contributed by atoms with van der Waals surface area (Å²) in [7, 11) is 1.57. The highest BCUT2D eigenvalue weighted by Gasteiger charge is 2.44. The average Bonchev–Trinajstić information content (AvgIpc) is 3.00. The molecule has 1 aromatic carbocycles. The van der Waals surface area contributed by atoms with Crippen molar-refractivity contribution in [2.24, 2.45) is 5.92 Å². The summed E-state index contributed by atoms with van der Waals surface area (Å²) in [5.74, 6) is -2.50. The number of ether oxygens (including phenoxy) is 1. The summed E-state index contributed by atoms with van der Waals surface area (Å²) in [6.07, 6.45) is 0.663. The number of carbonyl (C=O) groups excluding carboxylic acids is 2. The Bertz CT molecular complexity index is 640. The van der Waals surface area contributed by atoms with Crippen LogP contribution in [-0.4, -0.2) is 55.3 Å². The van der Waals surface area contributed by atoms with Crippen LogP contribution in [0.1, 0.15) is 29.6 Å². The highest BCUT2D eigenvalue weighted by molar-refractivity contribution is 5.98. The third kappa shape index (κ3) is 3.98. The molecule has 0 aliphatic carbocycles. The molecule has 2 aliphatic rings. The average molecular weight is 352 g/mol. The zero-order valence-electron chi connectivity index (χ0n) is 14.1. The van der Waals surface area contributed by atoms with E-state index in [-0.39, 0.29) is 17.6 Å². The van der Waals surface area contributed by atoms with Crippen LogP contribution in [0.4, 0.5) is 8.78 Å². The van der Waals surface area contributed by atoms with Crippen molar-refractivity contribution in [3.63, 3.8) is 0 Å². The number of carbonyl (C=O) groups is 2. The summed E-state index contributed by atoms with van der Waals surface area (Å²) < 4.78 is 31.6. The van der Waals surface area contributed by atoms with Crippen LogP contribution in [0.25, 0.3) is 0 Å². The third-order valence-corrected chi connectivity index (χ3v) is 4.96. The number of hydrogen-bond acceptors (Lipinski definition) is 4. The largest absolute Gasteiger partial charge is 0.497 e. The molecule has 1 unspecified atom stereocenters. The van der Waals surface area contributed by atoms with Gasteiger partial charge in [0, 0.05) is 31.0 Å². The van der Waals surface area contributed by atoms with Crippen molar-refractivity contribution in [1.82, 2.24) is 10.2 Å². The van der Waals surface area contributed by atoms with Crippen molar-refractivity contribution >= 4 is 11.7 Å². The number of alkyl halides is 2. The molecule has 2 saturated heterocycles. The second-order valence-corrected chi connectivity index (χ2v) is 6.69. The lowest BCUT2D eigenvalue weighted by molar-refractivity contribution is -0.135. The molecule has 3 rings (SSSR count). The maximum atomic E-state index is 13.2. The minimum atomic E-state index is -2.82. The number of amides is 1. The van der Waals surface area contributed by atoms with Gasteiger partial charge in [0.2, 0.25) is 5.91 Å². The highest BCUT2D eigenvalue weighted by Crippen LogP contribution is 2.28. The van der Waals surface area contributed by atoms with Crippen LogP contribution in [0.2, 0.25) is 0 Å². The standard InChI is InChI=1S/C18H22F2N2O3/c1-25-14-4-2-12(3-5-14)16(23)13-6-8-22(9-7-13)17(24)15-10-18(19,20)11-21-15/h2-5,13,15,21H,6-11H2,1H3. The molecule has 7 heteroatoms. The second kappa shape index (κ2) is 7.07. The van der Waals surface area contributed by atoms with Gasteiger partial charge >= 0.3 is 0 Å². The smallest absolute Gasteiger partial charge is 0.262 e. The Hall–Kier alpha value is -2.02. The summed E-state index contributed by atoms with van der Waals surface area (Å²) in [4.78, 5) is 26.5. The third-order valence-electron chi connectivity index (χ3n) is 4.96. The molecule has 0 radical (unpaired) electrons. The Morgan fingerprint density at radius 2 is 1.84 bits per heavy atom. The van der Waals surface area contributed by atoms with Gasteiger partial charge in [-0.3, -0.25) is 14.9 Å². The Balaban J connectivity index is 1.54. The number of hydrogen-bond donors (Lipinski definition) is 1. The maximum absolute atomic E-state index is 13.2. The Morgan fingerprint density at radius 3 is 2.36 bits per heavy atom. The fraction of sp³-hybridized carbons (Fsp3) is 0.556. The first-order valence-corrected chi connectivity index (χ1v) is 8.48. The van der Waals surface area contributed by atoms with Gasteiger partial charge in [-0.2, -0.15) is 0 Å². The van der Waals surface area contributed by atoms with Crippen molar-refractivity contribution in [2.75, 3.05) is 26.7 Å². The van der Waals surface area contributed by atoms with E-state index in [9.17, 15) is 18.4 Å². The first kappa shape index (κ1) is 17.8. The van der Waals surface area contributed by atoms with Gasteiger partial charge in [-0.15, -0.1) is 0 Å². The van der Waals surface area contributed by atoms with Crippen LogP contribution in [-0.2, 0) is 4.79 Å². The van der Waals surface area contributed by atoms with E-state index in [2.05, 4.69) is 5.32 Å². The topological polar surface area (TPSA) is 58.6 Å². The molecule has 0 aromatic heterocycles. The zero-order chi connectivity index (χ0) is 18.0. The number of methoxy groups -OCH3 is 1. The Kier molecular flexibility index (Phi) is 5.03. The van der Waals surface area contributed by atoms with Crippen molar-refractivity contribution in [2.45, 2.75) is 31.2 Å². The van der Waals surface area contributed by atoms with E-state index in [0.717, 1.165) is 0 Å². The van der Waals surface area contributed by atoms with Crippen molar-refractivity contribution in [3.8, 4) is 5.75 Å². The van der Waals surface area contributed by atoms with Gasteiger partial charge in [-0.25, -0.2) is 8.78 Å². The quantitative estimate of drug-likeness (QED) is 0.844. The van der Waals surface area contributed by atoms with Gasteiger partial charge in [0.1, 0.15) is 5.75 Å². The van der Waals surface area contributed by atoms with Crippen LogP contribution in [0, 0.1) is 5.92 Å². The van der Waals surface area contributed by atoms with E-state index in [0.29, 0.717) is 37.2 Å². The molecule has 136 valence electrons. The van der Waals surface area contributed by atoms with Crippen molar-refractivity contribution in [3.05, 3.63) is 29.8 Å². The van der Waals surface area contributed by atoms with Gasteiger partial charge in [0.05, 0.1) is 19.7 Å². The van der Waals surface area contributed by atoms with E-state index in [1.54, 1.807) is 36.3 Å². The molecule has 2 fully saturated rings. The number of nitrogens with one attached hydrogen (secondary N) is 1. The van der Waals surface area contributed by atoms with Crippen LogP contribution in [0.3, 0.4) is 0 Å². The monoisotopic (exact) mass is 352 g/mol. The molecule has 2 aliphatic heterocycles. The van der Waals surface area contributed by atoms with Gasteiger partial charge < -0.3 is 9.64 Å². The normalized spacial score (nSPS) is 23.5. The molecule has 0 bridgehead atoms. The molecular formula is C18H22F2N2O3. The van der Waals surface area contributed by atoms with E-state index in [1.165, 1.54) is 0 Å². The molecular weight excluding hydrogens is 330 g/mol. The minimum absolute atomic E-state index is 0.0558. The lowest BCUT2D eigenvalue weighted by Crippen LogP contribution is -2.47. The molecule has 1 atom stereocenters. The minimum Gasteiger partial charge on any atom is -0.497 e. The lowest BCUT2D eigenvalue weighted by atomic mass is 9.88. The van der Waals surface area contributed by atoms with E-state index < -0.39 is 24.9 Å². The van der Waals surface area contributed by atoms with Gasteiger partial charge in [0.25, 0.3) is 5.92 Å². The number of piperidine rings is 1. The first-order chi connectivity index (χ1) is 11.9. The van der Waals surface area contributed by atoms with E-state index in [4.69, 9.17) is 4.74 Å². The maximum Gasteiger partial charge on any atom is 0.262 e. The fourth-order valence-corrected chi connectivity index (χ4v) is 3.46. The predicted octanol–water partition coefficient (Wildman–Crippen LogP) is 2.11. The molecule has 1 amide bonds. The van der Waals surface area contributed by atoms with E-state index in [1.807, 2.05) is 0 Å². The number of likely N-dealkylation sites (tertiary alicyclic amines) is 1. The summed E-state index contributed by atoms with van der Waals surface area (Å²) in [5, 5.41) is 2.59. The Labute approximate surface area is 145 Å². The molecule has 5 nitrogen and oxygen atoms in total. The van der Waals surface area contributed by atoms with E-state index >= 15 is 0 Å². The molecule has 0 saturated carbocycles. The zero-order valence-corrected chi connectivity index (χ0v) is 14.1. The highest BCUT2D eigenvalue weighted by atomic mass is 19.3. The predicted molar refractivity (Wildman–Crippen MR) is 88.0 cm³/mol. The van der Waals surface area contributed by atoms with Crippen molar-refractivity contribution < 1.29 is 23.1 Å². The number of rotatable bonds is 4. The van der Waals surface area contributed by atoms with Crippen LogP contribution in [0.15, 0.2) is 24.3 Å². The number of ketones is 1. The molecule has 0 spiro atoms. The number of nitrogens with zero attached hydrogens (tertiary/aromatic N) is 1. The number of Topliss-reactive ketones (excluding diaryl/α,β-unsaturated/α-hetero) is 1. The SMILES string of the molecule is COc1ccc(C(=O)C2CCN(C(=O)C3CC(F)(F)CN3)CC2)cc1. The van der Waals surface area contributed by atoms with Crippen LogP contribution >= 0.6 is 0 Å². The summed E-state index contributed by atoms with van der Waals surface area (Å²) >= 11 is 0. The summed E-state index contributed by atoms with van der Waals surface area (Å²) in [5.41, 5.74) is 0.627. The summed E-state index contributed by atoms with van der Waals surface area (Å²) in [6, 6.07) is 6.16. The first-order valence-electron chi connectivity index (χ1n) is 8.48. The second-order valence-electron chi connectivity index (χ2n) is 6.69. The number of halogens is 2.